The maximum absolute atomic E-state index is 13.0. The molecule has 0 bridgehead atoms. The van der Waals surface area contributed by atoms with Crippen molar-refractivity contribution in [3.63, 3.8) is 0 Å². The lowest BCUT2D eigenvalue weighted by Gasteiger charge is -2.50. The number of nitriles is 1. The first-order chi connectivity index (χ1) is 15.6. The second-order valence-corrected chi connectivity index (χ2v) is 9.16. The molecular formula is C27H27N3O2. The van der Waals surface area contributed by atoms with Gasteiger partial charge in [-0.2, -0.15) is 10.4 Å². The number of nitrogens with zero attached hydrogens (tertiary/aromatic N) is 2. The maximum Gasteiger partial charge on any atom is 0.153 e. The Morgan fingerprint density at radius 3 is 2.78 bits per heavy atom. The van der Waals surface area contributed by atoms with E-state index < -0.39 is 11.3 Å². The number of aromatic amines is 1. The molecule has 1 saturated carbocycles. The van der Waals surface area contributed by atoms with Crippen LogP contribution >= 0.6 is 0 Å². The minimum absolute atomic E-state index is 0.0694. The van der Waals surface area contributed by atoms with Gasteiger partial charge in [-0.05, 0) is 48.8 Å². The van der Waals surface area contributed by atoms with Crippen molar-refractivity contribution in [2.24, 2.45) is 17.8 Å². The molecule has 1 aromatic heterocycles. The van der Waals surface area contributed by atoms with Gasteiger partial charge < -0.3 is 5.11 Å². The minimum Gasteiger partial charge on any atom is -0.396 e. The largest absolute Gasteiger partial charge is 0.396 e. The molecule has 3 aromatic rings. The van der Waals surface area contributed by atoms with E-state index in [2.05, 4.69) is 35.4 Å². The lowest BCUT2D eigenvalue weighted by Crippen LogP contribution is -2.52. The Balaban J connectivity index is 1.70. The standard InChI is InChI=1S/C27H27N3O2/c1-17-23-11-10-22-24(19-7-5-6-18(14-19)12-13-31)29-30-26(22)27(23,15-20(16-28)25(17)32)21-8-3-2-4-9-21/h2-9,14,17,20,23,31H,10-13,15H2,1H3,(H,29,30)/t17-,20?,23-,27+/m0/s1. The Labute approximate surface area is 188 Å². The molecule has 1 heterocycles. The predicted octanol–water partition coefficient (Wildman–Crippen LogP) is 4.21. The molecule has 5 heteroatoms. The van der Waals surface area contributed by atoms with Gasteiger partial charge in [-0.1, -0.05) is 55.5 Å². The molecular weight excluding hydrogens is 398 g/mol. The van der Waals surface area contributed by atoms with Crippen LogP contribution < -0.4 is 0 Å². The summed E-state index contributed by atoms with van der Waals surface area (Å²) in [5.41, 5.74) is 6.00. The number of hydrogen-bond acceptors (Lipinski definition) is 4. The molecule has 32 heavy (non-hydrogen) atoms. The van der Waals surface area contributed by atoms with Gasteiger partial charge in [-0.3, -0.25) is 9.89 Å². The first-order valence-electron chi connectivity index (χ1n) is 11.4. The highest BCUT2D eigenvalue weighted by Gasteiger charge is 2.56. The number of benzene rings is 2. The zero-order chi connectivity index (χ0) is 22.3. The lowest BCUT2D eigenvalue weighted by molar-refractivity contribution is -0.131. The van der Waals surface area contributed by atoms with E-state index in [1.807, 2.05) is 37.3 Å². The summed E-state index contributed by atoms with van der Waals surface area (Å²) in [4.78, 5) is 13.0. The first kappa shape index (κ1) is 20.7. The number of aromatic nitrogens is 2. The maximum atomic E-state index is 13.0. The number of carbonyl (C=O) groups excluding carboxylic acids is 1. The number of Topliss-reactive ketones (excluding diaryl/α,β-unsaturated/α-hetero) is 1. The Hall–Kier alpha value is -3.23. The number of aliphatic hydroxyl groups excluding tert-OH is 1. The number of H-pyrrole nitrogens is 1. The van der Waals surface area contributed by atoms with Gasteiger partial charge >= 0.3 is 0 Å². The average molecular weight is 426 g/mol. The molecule has 0 aliphatic heterocycles. The van der Waals surface area contributed by atoms with Crippen molar-refractivity contribution in [2.75, 3.05) is 6.61 Å². The van der Waals surface area contributed by atoms with Crippen molar-refractivity contribution in [1.82, 2.24) is 10.2 Å². The van der Waals surface area contributed by atoms with Gasteiger partial charge in [-0.15, -0.1) is 0 Å². The third-order valence-electron chi connectivity index (χ3n) is 7.61. The molecule has 2 aromatic carbocycles. The van der Waals surface area contributed by atoms with Crippen LogP contribution in [0, 0.1) is 29.1 Å². The molecule has 2 aliphatic carbocycles. The van der Waals surface area contributed by atoms with E-state index in [9.17, 15) is 15.2 Å². The van der Waals surface area contributed by atoms with Gasteiger partial charge in [0.15, 0.2) is 5.78 Å². The molecule has 2 aliphatic rings. The number of nitrogens with one attached hydrogen (secondary N) is 1. The van der Waals surface area contributed by atoms with Gasteiger partial charge in [-0.25, -0.2) is 0 Å². The van der Waals surface area contributed by atoms with E-state index in [0.717, 1.165) is 40.9 Å². The van der Waals surface area contributed by atoms with Crippen LogP contribution in [0.4, 0.5) is 0 Å². The first-order valence-corrected chi connectivity index (χ1v) is 11.4. The van der Waals surface area contributed by atoms with Crippen LogP contribution in [0.15, 0.2) is 54.6 Å². The number of rotatable bonds is 4. The second-order valence-electron chi connectivity index (χ2n) is 9.16. The summed E-state index contributed by atoms with van der Waals surface area (Å²) < 4.78 is 0. The van der Waals surface area contributed by atoms with Crippen molar-refractivity contribution in [1.29, 1.82) is 5.26 Å². The summed E-state index contributed by atoms with van der Waals surface area (Å²) in [7, 11) is 0. The number of hydrogen-bond donors (Lipinski definition) is 2. The Bertz CT molecular complexity index is 1190. The van der Waals surface area contributed by atoms with Crippen LogP contribution in [0.25, 0.3) is 11.3 Å². The van der Waals surface area contributed by atoms with Crippen LogP contribution in [0.3, 0.4) is 0 Å². The molecule has 0 radical (unpaired) electrons. The van der Waals surface area contributed by atoms with Gasteiger partial charge in [0, 0.05) is 29.1 Å². The second kappa shape index (κ2) is 8.03. The number of aliphatic hydroxyl groups is 1. The summed E-state index contributed by atoms with van der Waals surface area (Å²) in [6.45, 7) is 2.11. The molecule has 162 valence electrons. The molecule has 5 rings (SSSR count). The minimum atomic E-state index is -0.625. The zero-order valence-corrected chi connectivity index (χ0v) is 18.2. The van der Waals surface area contributed by atoms with Gasteiger partial charge in [0.05, 0.1) is 17.5 Å². The van der Waals surface area contributed by atoms with E-state index >= 15 is 0 Å². The summed E-state index contributed by atoms with van der Waals surface area (Å²) in [5, 5.41) is 27.3. The SMILES string of the molecule is C[C@@H]1C(=O)C(C#N)C[C@]2(c3ccccc3)c3n[nH]c(-c4cccc(CCO)c4)c3CC[C@@H]12. The third kappa shape index (κ3) is 3.02. The Morgan fingerprint density at radius 2 is 2.03 bits per heavy atom. The summed E-state index contributed by atoms with van der Waals surface area (Å²) in [5.74, 6) is -0.624. The van der Waals surface area contributed by atoms with E-state index in [4.69, 9.17) is 5.10 Å². The number of ketones is 1. The molecule has 4 atom stereocenters. The average Bonchev–Trinajstić information content (AvgIpc) is 3.27. The molecule has 5 nitrogen and oxygen atoms in total. The normalized spacial score (nSPS) is 26.8. The van der Waals surface area contributed by atoms with Gasteiger partial charge in [0.2, 0.25) is 0 Å². The highest BCUT2D eigenvalue weighted by atomic mass is 16.3. The quantitative estimate of drug-likeness (QED) is 0.655. The molecule has 2 N–H and O–H groups in total. The van der Waals surface area contributed by atoms with Crippen LogP contribution in [0.1, 0.15) is 42.1 Å². The molecule has 1 unspecified atom stereocenters. The van der Waals surface area contributed by atoms with Crippen LogP contribution in [0.2, 0.25) is 0 Å². The highest BCUT2D eigenvalue weighted by molar-refractivity contribution is 5.87. The Morgan fingerprint density at radius 1 is 1.22 bits per heavy atom. The molecule has 1 fully saturated rings. The smallest absolute Gasteiger partial charge is 0.153 e. The van der Waals surface area contributed by atoms with Crippen LogP contribution in [-0.4, -0.2) is 27.7 Å². The van der Waals surface area contributed by atoms with Crippen molar-refractivity contribution >= 4 is 5.78 Å². The topological polar surface area (TPSA) is 89.8 Å². The van der Waals surface area contributed by atoms with E-state index in [1.165, 1.54) is 5.56 Å². The monoisotopic (exact) mass is 425 g/mol. The Kier molecular flexibility index (Phi) is 5.19. The fraction of sp³-hybridized carbons (Fsp3) is 0.370. The number of carbonyl (C=O) groups is 1. The summed E-state index contributed by atoms with van der Waals surface area (Å²) in [6.07, 6.45) is 2.82. The molecule has 0 spiro atoms. The van der Waals surface area contributed by atoms with Crippen molar-refractivity contribution in [3.8, 4) is 17.3 Å². The van der Waals surface area contributed by atoms with Crippen LogP contribution in [0.5, 0.6) is 0 Å². The lowest BCUT2D eigenvalue weighted by atomic mass is 9.51. The van der Waals surface area contributed by atoms with E-state index in [-0.39, 0.29) is 24.2 Å². The van der Waals surface area contributed by atoms with E-state index in [1.54, 1.807) is 0 Å². The van der Waals surface area contributed by atoms with E-state index in [0.29, 0.717) is 12.8 Å². The number of fused-ring (bicyclic) bond motifs is 3. The van der Waals surface area contributed by atoms with Crippen molar-refractivity contribution < 1.29 is 9.90 Å². The molecule has 0 amide bonds. The van der Waals surface area contributed by atoms with Crippen molar-refractivity contribution in [3.05, 3.63) is 77.0 Å². The van der Waals surface area contributed by atoms with Gasteiger partial charge in [0.1, 0.15) is 5.92 Å². The summed E-state index contributed by atoms with van der Waals surface area (Å²) >= 11 is 0. The van der Waals surface area contributed by atoms with Crippen LogP contribution in [-0.2, 0) is 23.1 Å². The summed E-state index contributed by atoms with van der Waals surface area (Å²) in [6, 6.07) is 20.8. The van der Waals surface area contributed by atoms with Gasteiger partial charge in [0.25, 0.3) is 0 Å². The molecule has 0 saturated heterocycles. The predicted molar refractivity (Wildman–Crippen MR) is 122 cm³/mol. The van der Waals surface area contributed by atoms with Crippen molar-refractivity contribution in [2.45, 2.75) is 38.0 Å². The zero-order valence-electron chi connectivity index (χ0n) is 18.2. The fourth-order valence-corrected chi connectivity index (χ4v) is 6.13. The fourth-order valence-electron chi connectivity index (χ4n) is 6.13. The third-order valence-corrected chi connectivity index (χ3v) is 7.61. The highest BCUT2D eigenvalue weighted by Crippen LogP contribution is 2.56.